The van der Waals surface area contributed by atoms with Crippen molar-refractivity contribution in [2.24, 2.45) is 0 Å². The van der Waals surface area contributed by atoms with Crippen LogP contribution in [-0.2, 0) is 22.6 Å². The average Bonchev–Trinajstić information content (AvgIpc) is 3.09. The van der Waals surface area contributed by atoms with Crippen LogP contribution in [-0.4, -0.2) is 16.2 Å². The third-order valence-corrected chi connectivity index (χ3v) is 3.40. The summed E-state index contributed by atoms with van der Waals surface area (Å²) in [5, 5.41) is 7.76. The molecule has 0 aliphatic heterocycles. The van der Waals surface area contributed by atoms with Gasteiger partial charge in [-0.05, 0) is 30.2 Å². The maximum atomic E-state index is 13.5. The largest absolute Gasteiger partial charge is 0.456 e. The van der Waals surface area contributed by atoms with Gasteiger partial charge in [-0.2, -0.15) is 0 Å². The Labute approximate surface area is 138 Å². The SMILES string of the molecule is O=C(CCc1ccccc1F)OCc1nnc(-c2ccccc2)o1. The highest BCUT2D eigenvalue weighted by atomic mass is 19.1. The molecule has 0 fully saturated rings. The third-order valence-electron chi connectivity index (χ3n) is 3.40. The first kappa shape index (κ1) is 15.9. The molecule has 6 heteroatoms. The number of hydrogen-bond acceptors (Lipinski definition) is 5. The maximum Gasteiger partial charge on any atom is 0.306 e. The smallest absolute Gasteiger partial charge is 0.306 e. The molecule has 0 saturated heterocycles. The van der Waals surface area contributed by atoms with Gasteiger partial charge in [-0.15, -0.1) is 10.2 Å². The van der Waals surface area contributed by atoms with Crippen LogP contribution in [0.3, 0.4) is 0 Å². The number of aryl methyl sites for hydroxylation is 1. The van der Waals surface area contributed by atoms with Gasteiger partial charge in [-0.25, -0.2) is 4.39 Å². The standard InChI is InChI=1S/C18H15FN2O3/c19-15-9-5-4-6-13(15)10-11-17(22)23-12-16-20-21-18(24-16)14-7-2-1-3-8-14/h1-9H,10-12H2. The van der Waals surface area contributed by atoms with Crippen molar-refractivity contribution in [3.63, 3.8) is 0 Å². The summed E-state index contributed by atoms with van der Waals surface area (Å²) < 4.78 is 24.0. The molecule has 1 heterocycles. The topological polar surface area (TPSA) is 65.2 Å². The van der Waals surface area contributed by atoms with Crippen molar-refractivity contribution in [3.8, 4) is 11.5 Å². The van der Waals surface area contributed by atoms with E-state index >= 15 is 0 Å². The lowest BCUT2D eigenvalue weighted by Crippen LogP contribution is -2.06. The molecule has 3 rings (SSSR count). The van der Waals surface area contributed by atoms with E-state index < -0.39 is 5.97 Å². The molecule has 0 saturated carbocycles. The molecule has 0 aliphatic carbocycles. The number of carbonyl (C=O) groups is 1. The Morgan fingerprint density at radius 1 is 1.04 bits per heavy atom. The van der Waals surface area contributed by atoms with Crippen LogP contribution in [0.15, 0.2) is 59.0 Å². The molecule has 0 spiro atoms. The van der Waals surface area contributed by atoms with Crippen molar-refractivity contribution in [2.75, 3.05) is 0 Å². The van der Waals surface area contributed by atoms with Crippen molar-refractivity contribution in [3.05, 3.63) is 71.9 Å². The highest BCUT2D eigenvalue weighted by Crippen LogP contribution is 2.17. The number of rotatable bonds is 6. The molecule has 24 heavy (non-hydrogen) atoms. The Morgan fingerprint density at radius 3 is 2.58 bits per heavy atom. The second-order valence-corrected chi connectivity index (χ2v) is 5.12. The summed E-state index contributed by atoms with van der Waals surface area (Å²) in [6.07, 6.45) is 0.366. The zero-order valence-corrected chi connectivity index (χ0v) is 12.8. The number of esters is 1. The lowest BCUT2D eigenvalue weighted by atomic mass is 10.1. The predicted octanol–water partition coefficient (Wildman–Crippen LogP) is 3.55. The average molecular weight is 326 g/mol. The van der Waals surface area contributed by atoms with E-state index in [0.29, 0.717) is 11.5 Å². The Balaban J connectivity index is 1.50. The van der Waals surface area contributed by atoms with Crippen LogP contribution in [0.4, 0.5) is 4.39 Å². The first-order valence-electron chi connectivity index (χ1n) is 7.49. The van der Waals surface area contributed by atoms with Gasteiger partial charge in [0.1, 0.15) is 5.82 Å². The molecule has 1 aromatic heterocycles. The number of ether oxygens (including phenoxy) is 1. The summed E-state index contributed by atoms with van der Waals surface area (Å²) in [4.78, 5) is 11.7. The van der Waals surface area contributed by atoms with Crippen molar-refractivity contribution >= 4 is 5.97 Å². The fraction of sp³-hybridized carbons (Fsp3) is 0.167. The van der Waals surface area contributed by atoms with E-state index in [1.54, 1.807) is 18.2 Å². The fourth-order valence-corrected chi connectivity index (χ4v) is 2.16. The van der Waals surface area contributed by atoms with Gasteiger partial charge in [0, 0.05) is 12.0 Å². The Morgan fingerprint density at radius 2 is 1.79 bits per heavy atom. The molecule has 122 valence electrons. The summed E-state index contributed by atoms with van der Waals surface area (Å²) in [6.45, 7) is -0.101. The molecule has 0 amide bonds. The number of aromatic nitrogens is 2. The number of benzene rings is 2. The minimum absolute atomic E-state index is 0.0839. The summed E-state index contributed by atoms with van der Waals surface area (Å²) in [6, 6.07) is 15.7. The molecule has 0 aliphatic rings. The molecule has 3 aromatic rings. The van der Waals surface area contributed by atoms with Crippen molar-refractivity contribution in [1.29, 1.82) is 0 Å². The van der Waals surface area contributed by atoms with Gasteiger partial charge in [0.15, 0.2) is 6.61 Å². The minimum atomic E-state index is -0.447. The molecule has 5 nitrogen and oxygen atoms in total. The molecule has 0 unspecified atom stereocenters. The van der Waals surface area contributed by atoms with Gasteiger partial charge in [-0.1, -0.05) is 36.4 Å². The van der Waals surface area contributed by atoms with Gasteiger partial charge < -0.3 is 9.15 Å². The second-order valence-electron chi connectivity index (χ2n) is 5.12. The number of halogens is 1. The van der Waals surface area contributed by atoms with E-state index in [1.807, 2.05) is 30.3 Å². The zero-order valence-electron chi connectivity index (χ0n) is 12.8. The minimum Gasteiger partial charge on any atom is -0.456 e. The molecular formula is C18H15FN2O3. The van der Waals surface area contributed by atoms with Crippen LogP contribution in [0, 0.1) is 5.82 Å². The first-order chi connectivity index (χ1) is 11.7. The number of carbonyl (C=O) groups excluding carboxylic acids is 1. The summed E-state index contributed by atoms with van der Waals surface area (Å²) in [5.41, 5.74) is 1.28. The molecule has 0 atom stereocenters. The predicted molar refractivity (Wildman–Crippen MR) is 84.3 cm³/mol. The van der Waals surface area contributed by atoms with Crippen LogP contribution < -0.4 is 0 Å². The van der Waals surface area contributed by atoms with Gasteiger partial charge in [0.05, 0.1) is 0 Å². The molecule has 0 bridgehead atoms. The Hall–Kier alpha value is -3.02. The second kappa shape index (κ2) is 7.50. The summed E-state index contributed by atoms with van der Waals surface area (Å²) >= 11 is 0. The van der Waals surface area contributed by atoms with Gasteiger partial charge in [0.2, 0.25) is 5.89 Å². The molecule has 0 N–H and O–H groups in total. The van der Waals surface area contributed by atoms with Crippen LogP contribution in [0.2, 0.25) is 0 Å². The highest BCUT2D eigenvalue weighted by molar-refractivity contribution is 5.69. The number of hydrogen-bond donors (Lipinski definition) is 0. The quantitative estimate of drug-likeness (QED) is 0.648. The monoisotopic (exact) mass is 326 g/mol. The van der Waals surface area contributed by atoms with Crippen molar-refractivity contribution < 1.29 is 18.3 Å². The van der Waals surface area contributed by atoms with Crippen LogP contribution in [0.5, 0.6) is 0 Å². The van der Waals surface area contributed by atoms with E-state index in [4.69, 9.17) is 9.15 Å². The summed E-state index contributed by atoms with van der Waals surface area (Å²) in [7, 11) is 0. The Bertz CT molecular complexity index is 818. The lowest BCUT2D eigenvalue weighted by Gasteiger charge is -2.03. The maximum absolute atomic E-state index is 13.5. The van der Waals surface area contributed by atoms with Crippen molar-refractivity contribution in [1.82, 2.24) is 10.2 Å². The lowest BCUT2D eigenvalue weighted by molar-refractivity contribution is -0.145. The summed E-state index contributed by atoms with van der Waals surface area (Å²) in [5.74, 6) is -0.187. The van der Waals surface area contributed by atoms with E-state index in [2.05, 4.69) is 10.2 Å². The number of nitrogens with zero attached hydrogens (tertiary/aromatic N) is 2. The fourth-order valence-electron chi connectivity index (χ4n) is 2.16. The van der Waals surface area contributed by atoms with Crippen molar-refractivity contribution in [2.45, 2.75) is 19.4 Å². The van der Waals surface area contributed by atoms with E-state index in [0.717, 1.165) is 5.56 Å². The molecular weight excluding hydrogens is 311 g/mol. The van der Waals surface area contributed by atoms with E-state index in [9.17, 15) is 9.18 Å². The van der Waals surface area contributed by atoms with Crippen LogP contribution in [0.25, 0.3) is 11.5 Å². The van der Waals surface area contributed by atoms with Crippen LogP contribution >= 0.6 is 0 Å². The van der Waals surface area contributed by atoms with E-state index in [-0.39, 0.29) is 31.2 Å². The van der Waals surface area contributed by atoms with Gasteiger partial charge in [0.25, 0.3) is 5.89 Å². The molecule has 0 radical (unpaired) electrons. The Kier molecular flexibility index (Phi) is 4.96. The molecule has 2 aromatic carbocycles. The highest BCUT2D eigenvalue weighted by Gasteiger charge is 2.11. The van der Waals surface area contributed by atoms with Crippen LogP contribution in [0.1, 0.15) is 17.9 Å². The zero-order chi connectivity index (χ0) is 16.8. The van der Waals surface area contributed by atoms with Gasteiger partial charge in [-0.3, -0.25) is 4.79 Å². The van der Waals surface area contributed by atoms with E-state index in [1.165, 1.54) is 6.07 Å². The normalized spacial score (nSPS) is 10.5. The van der Waals surface area contributed by atoms with Gasteiger partial charge >= 0.3 is 5.97 Å². The first-order valence-corrected chi connectivity index (χ1v) is 7.49. The third kappa shape index (κ3) is 4.04.